The molecule has 1 heterocycles. The average Bonchev–Trinajstić information content (AvgIpc) is 2.37. The molecule has 0 amide bonds. The third kappa shape index (κ3) is 2.62. The van der Waals surface area contributed by atoms with Gasteiger partial charge in [-0.25, -0.2) is 4.79 Å². The summed E-state index contributed by atoms with van der Waals surface area (Å²) in [4.78, 5) is 21.7. The van der Waals surface area contributed by atoms with Gasteiger partial charge in [0.25, 0.3) is 0 Å². The summed E-state index contributed by atoms with van der Waals surface area (Å²) in [7, 11) is 0. The van der Waals surface area contributed by atoms with E-state index in [4.69, 9.17) is 4.74 Å². The molecule has 5 heteroatoms. The van der Waals surface area contributed by atoms with Gasteiger partial charge in [-0.2, -0.15) is 0 Å². The van der Waals surface area contributed by atoms with Crippen LogP contribution in [0.5, 0.6) is 0 Å². The second kappa shape index (κ2) is 4.64. The minimum absolute atomic E-state index is 0.326. The summed E-state index contributed by atoms with van der Waals surface area (Å²) in [5, 5.41) is 0. The molecular weight excluding hydrogens is 275 g/mol. The van der Waals surface area contributed by atoms with Gasteiger partial charge in [0.1, 0.15) is 0 Å². The van der Waals surface area contributed by atoms with Crippen LogP contribution in [0.15, 0.2) is 0 Å². The van der Waals surface area contributed by atoms with E-state index in [0.717, 1.165) is 0 Å². The van der Waals surface area contributed by atoms with E-state index >= 15 is 0 Å². The second-order valence-electron chi connectivity index (χ2n) is 2.37. The molecular formula is C7H9IO4. The van der Waals surface area contributed by atoms with E-state index in [-0.39, 0.29) is 5.97 Å². The van der Waals surface area contributed by atoms with Crippen LogP contribution in [0, 0.1) is 0 Å². The van der Waals surface area contributed by atoms with Crippen LogP contribution in [0.25, 0.3) is 0 Å². The SMILES string of the molecule is O=C(CCI)OC1CCOC1=O. The highest BCUT2D eigenvalue weighted by atomic mass is 127. The van der Waals surface area contributed by atoms with E-state index in [1.54, 1.807) is 0 Å². The van der Waals surface area contributed by atoms with E-state index < -0.39 is 12.1 Å². The van der Waals surface area contributed by atoms with Crippen molar-refractivity contribution in [2.24, 2.45) is 0 Å². The first kappa shape index (κ1) is 9.76. The highest BCUT2D eigenvalue weighted by Crippen LogP contribution is 2.11. The molecule has 0 saturated carbocycles. The summed E-state index contributed by atoms with van der Waals surface area (Å²) in [6.07, 6.45) is 0.191. The Balaban J connectivity index is 2.30. The number of carbonyl (C=O) groups is 2. The van der Waals surface area contributed by atoms with Crippen LogP contribution in [0.4, 0.5) is 0 Å². The minimum Gasteiger partial charge on any atom is -0.463 e. The van der Waals surface area contributed by atoms with Crippen LogP contribution in [0.3, 0.4) is 0 Å². The third-order valence-electron chi connectivity index (χ3n) is 1.46. The van der Waals surface area contributed by atoms with Crippen molar-refractivity contribution in [3.05, 3.63) is 0 Å². The highest BCUT2D eigenvalue weighted by Gasteiger charge is 2.29. The summed E-state index contributed by atoms with van der Waals surface area (Å²) in [5.74, 6) is -0.745. The maximum Gasteiger partial charge on any atom is 0.347 e. The number of carbonyl (C=O) groups excluding carboxylic acids is 2. The molecule has 1 aliphatic heterocycles. The molecule has 0 radical (unpaired) electrons. The zero-order valence-electron chi connectivity index (χ0n) is 6.42. The molecule has 0 spiro atoms. The largest absolute Gasteiger partial charge is 0.463 e. The highest BCUT2D eigenvalue weighted by molar-refractivity contribution is 14.1. The molecule has 0 aromatic carbocycles. The van der Waals surface area contributed by atoms with Crippen LogP contribution in [-0.2, 0) is 19.1 Å². The molecule has 0 aromatic heterocycles. The number of hydrogen-bond acceptors (Lipinski definition) is 4. The molecule has 12 heavy (non-hydrogen) atoms. The van der Waals surface area contributed by atoms with Gasteiger partial charge in [0.05, 0.1) is 13.0 Å². The van der Waals surface area contributed by atoms with Crippen LogP contribution in [0.1, 0.15) is 12.8 Å². The van der Waals surface area contributed by atoms with Crippen LogP contribution in [0.2, 0.25) is 0 Å². The van der Waals surface area contributed by atoms with Gasteiger partial charge >= 0.3 is 11.9 Å². The zero-order valence-corrected chi connectivity index (χ0v) is 8.57. The Morgan fingerprint density at radius 3 is 3.00 bits per heavy atom. The average molecular weight is 284 g/mol. The number of alkyl halides is 1. The van der Waals surface area contributed by atoms with Crippen molar-refractivity contribution in [3.63, 3.8) is 0 Å². The Labute approximate surface area is 83.7 Å². The molecule has 1 atom stereocenters. The van der Waals surface area contributed by atoms with Crippen molar-refractivity contribution in [2.75, 3.05) is 11.0 Å². The van der Waals surface area contributed by atoms with Gasteiger partial charge in [0.2, 0.25) is 6.10 Å². The van der Waals surface area contributed by atoms with Gasteiger partial charge in [-0.1, -0.05) is 22.6 Å². The third-order valence-corrected chi connectivity index (χ3v) is 2.00. The molecule has 1 aliphatic rings. The topological polar surface area (TPSA) is 52.6 Å². The number of cyclic esters (lactones) is 1. The standard InChI is InChI=1S/C7H9IO4/c8-3-1-6(9)12-5-2-4-11-7(5)10/h5H,1-4H2. The number of ether oxygens (including phenoxy) is 2. The van der Waals surface area contributed by atoms with Gasteiger partial charge in [0.15, 0.2) is 0 Å². The smallest absolute Gasteiger partial charge is 0.347 e. The fraction of sp³-hybridized carbons (Fsp3) is 0.714. The van der Waals surface area contributed by atoms with Crippen LogP contribution in [-0.4, -0.2) is 29.1 Å². The van der Waals surface area contributed by atoms with Gasteiger partial charge in [-0.3, -0.25) is 4.79 Å². The summed E-state index contributed by atoms with van der Waals surface area (Å²) >= 11 is 2.08. The minimum atomic E-state index is -0.652. The lowest BCUT2D eigenvalue weighted by Crippen LogP contribution is -2.22. The molecule has 4 nitrogen and oxygen atoms in total. The Morgan fingerprint density at radius 2 is 2.50 bits per heavy atom. The Hall–Kier alpha value is -0.330. The van der Waals surface area contributed by atoms with Crippen molar-refractivity contribution < 1.29 is 19.1 Å². The molecule has 1 fully saturated rings. The second-order valence-corrected chi connectivity index (χ2v) is 3.45. The molecule has 68 valence electrons. The normalized spacial score (nSPS) is 22.1. The fourth-order valence-electron chi connectivity index (χ4n) is 0.879. The zero-order chi connectivity index (χ0) is 8.97. The van der Waals surface area contributed by atoms with Crippen molar-refractivity contribution in [2.45, 2.75) is 18.9 Å². The molecule has 1 rings (SSSR count). The van der Waals surface area contributed by atoms with E-state index in [0.29, 0.717) is 23.9 Å². The molecule has 1 saturated heterocycles. The number of hydrogen-bond donors (Lipinski definition) is 0. The summed E-state index contributed by atoms with van der Waals surface area (Å²) in [6.45, 7) is 0.362. The predicted octanol–water partition coefficient (Wildman–Crippen LogP) is 0.670. The van der Waals surface area contributed by atoms with E-state index in [1.807, 2.05) is 0 Å². The van der Waals surface area contributed by atoms with Gasteiger partial charge in [0, 0.05) is 10.8 Å². The van der Waals surface area contributed by atoms with Crippen molar-refractivity contribution in [3.8, 4) is 0 Å². The number of halogens is 1. The Morgan fingerprint density at radius 1 is 1.75 bits per heavy atom. The number of esters is 2. The summed E-state index contributed by atoms with van der Waals surface area (Å²) in [6, 6.07) is 0. The predicted molar refractivity (Wildman–Crippen MR) is 49.0 cm³/mol. The van der Waals surface area contributed by atoms with Crippen molar-refractivity contribution in [1.29, 1.82) is 0 Å². The lowest BCUT2D eigenvalue weighted by atomic mass is 10.3. The Kier molecular flexibility index (Phi) is 3.77. The van der Waals surface area contributed by atoms with Crippen LogP contribution < -0.4 is 0 Å². The molecule has 1 unspecified atom stereocenters. The first-order chi connectivity index (χ1) is 5.74. The lowest BCUT2D eigenvalue weighted by Gasteiger charge is -2.06. The van der Waals surface area contributed by atoms with E-state index in [1.165, 1.54) is 0 Å². The lowest BCUT2D eigenvalue weighted by molar-refractivity contribution is -0.159. The first-order valence-electron chi connectivity index (χ1n) is 3.66. The molecule has 0 aliphatic carbocycles. The number of rotatable bonds is 3. The monoisotopic (exact) mass is 284 g/mol. The van der Waals surface area contributed by atoms with Gasteiger partial charge < -0.3 is 9.47 Å². The first-order valence-corrected chi connectivity index (χ1v) is 5.18. The van der Waals surface area contributed by atoms with E-state index in [2.05, 4.69) is 27.3 Å². The quantitative estimate of drug-likeness (QED) is 0.434. The summed E-state index contributed by atoms with van der Waals surface area (Å²) < 4.78 is 10.2. The summed E-state index contributed by atoms with van der Waals surface area (Å²) in [5.41, 5.74) is 0. The van der Waals surface area contributed by atoms with Crippen LogP contribution >= 0.6 is 22.6 Å². The Bertz CT molecular complexity index is 192. The van der Waals surface area contributed by atoms with Crippen molar-refractivity contribution in [1.82, 2.24) is 0 Å². The maximum atomic E-state index is 10.9. The van der Waals surface area contributed by atoms with Gasteiger partial charge in [-0.05, 0) is 0 Å². The van der Waals surface area contributed by atoms with E-state index in [9.17, 15) is 9.59 Å². The van der Waals surface area contributed by atoms with Crippen molar-refractivity contribution >= 4 is 34.5 Å². The molecule has 0 aromatic rings. The molecule has 0 bridgehead atoms. The fourth-order valence-corrected chi connectivity index (χ4v) is 1.32. The van der Waals surface area contributed by atoms with Gasteiger partial charge in [-0.15, -0.1) is 0 Å². The maximum absolute atomic E-state index is 10.9. The molecule has 0 N–H and O–H groups in total.